The van der Waals surface area contributed by atoms with Crippen LogP contribution in [0.3, 0.4) is 0 Å². The van der Waals surface area contributed by atoms with E-state index in [4.69, 9.17) is 23.2 Å². The van der Waals surface area contributed by atoms with Gasteiger partial charge >= 0.3 is 0 Å². The highest BCUT2D eigenvalue weighted by Crippen LogP contribution is 2.25. The van der Waals surface area contributed by atoms with Crippen LogP contribution in [0.4, 0.5) is 0 Å². The van der Waals surface area contributed by atoms with Gasteiger partial charge in [0.2, 0.25) is 0 Å². The van der Waals surface area contributed by atoms with E-state index >= 15 is 0 Å². The second kappa shape index (κ2) is 6.37. The summed E-state index contributed by atoms with van der Waals surface area (Å²) in [7, 11) is 0. The first-order valence-electron chi connectivity index (χ1n) is 5.31. The fourth-order valence-corrected chi connectivity index (χ4v) is 2.17. The summed E-state index contributed by atoms with van der Waals surface area (Å²) in [4.78, 5) is 0. The molecule has 3 heteroatoms. The van der Waals surface area contributed by atoms with Gasteiger partial charge in [-0.15, -0.1) is 0 Å². The predicted octanol–water partition coefficient (Wildman–Crippen LogP) is 3.92. The number of rotatable bonds is 5. The molecule has 84 valence electrons. The van der Waals surface area contributed by atoms with E-state index in [-0.39, 0.29) is 0 Å². The van der Waals surface area contributed by atoms with Crippen LogP contribution in [0.15, 0.2) is 18.2 Å². The van der Waals surface area contributed by atoms with Crippen molar-refractivity contribution in [3.63, 3.8) is 0 Å². The third-order valence-corrected chi connectivity index (χ3v) is 3.15. The van der Waals surface area contributed by atoms with E-state index in [9.17, 15) is 0 Å². The largest absolute Gasteiger partial charge is 0.315 e. The molecule has 0 aliphatic heterocycles. The number of hydrogen-bond donors (Lipinski definition) is 1. The minimum atomic E-state index is 0.502. The van der Waals surface area contributed by atoms with Gasteiger partial charge in [0.05, 0.1) is 0 Å². The molecule has 1 atom stereocenters. The molecule has 0 amide bonds. The van der Waals surface area contributed by atoms with Gasteiger partial charge in [0.1, 0.15) is 0 Å². The fraction of sp³-hybridized carbons (Fsp3) is 0.500. The third-order valence-electron chi connectivity index (χ3n) is 2.44. The van der Waals surface area contributed by atoms with Gasteiger partial charge in [-0.1, -0.05) is 36.2 Å². The molecule has 0 aliphatic rings. The summed E-state index contributed by atoms with van der Waals surface area (Å²) in [5.74, 6) is 0. The van der Waals surface area contributed by atoms with E-state index < -0.39 is 0 Å². The monoisotopic (exact) mass is 245 g/mol. The topological polar surface area (TPSA) is 12.0 Å². The zero-order valence-electron chi connectivity index (χ0n) is 9.19. The van der Waals surface area contributed by atoms with Gasteiger partial charge < -0.3 is 5.32 Å². The van der Waals surface area contributed by atoms with Crippen molar-refractivity contribution in [1.82, 2.24) is 5.32 Å². The zero-order valence-corrected chi connectivity index (χ0v) is 10.7. The van der Waals surface area contributed by atoms with Crippen LogP contribution >= 0.6 is 23.2 Å². The first kappa shape index (κ1) is 12.8. The van der Waals surface area contributed by atoms with Crippen molar-refractivity contribution < 1.29 is 0 Å². The molecular weight excluding hydrogens is 229 g/mol. The van der Waals surface area contributed by atoms with Crippen LogP contribution in [0.25, 0.3) is 0 Å². The minimum Gasteiger partial charge on any atom is -0.315 e. The maximum Gasteiger partial charge on any atom is 0.0452 e. The van der Waals surface area contributed by atoms with Gasteiger partial charge in [0.25, 0.3) is 0 Å². The van der Waals surface area contributed by atoms with Crippen LogP contribution in [0.1, 0.15) is 25.8 Å². The lowest BCUT2D eigenvalue weighted by molar-refractivity contribution is 0.531. The molecule has 0 bridgehead atoms. The van der Waals surface area contributed by atoms with Gasteiger partial charge in [0, 0.05) is 16.1 Å². The molecule has 1 unspecified atom stereocenters. The summed E-state index contributed by atoms with van der Waals surface area (Å²) in [6, 6.07) is 6.16. The molecule has 1 aromatic rings. The van der Waals surface area contributed by atoms with Gasteiger partial charge in [-0.2, -0.15) is 0 Å². The first-order valence-corrected chi connectivity index (χ1v) is 6.07. The Morgan fingerprint density at radius 1 is 1.27 bits per heavy atom. The summed E-state index contributed by atoms with van der Waals surface area (Å²) in [6.45, 7) is 5.28. The normalized spacial score (nSPS) is 12.8. The van der Waals surface area contributed by atoms with E-state index in [0.717, 1.165) is 35.0 Å². The lowest BCUT2D eigenvalue weighted by Crippen LogP contribution is -2.25. The first-order chi connectivity index (χ1) is 7.15. The Labute approximate surface area is 102 Å². The fourth-order valence-electron chi connectivity index (χ4n) is 1.58. The number of nitrogens with one attached hydrogen (secondary N) is 1. The summed E-state index contributed by atoms with van der Waals surface area (Å²) < 4.78 is 0. The molecule has 1 aromatic carbocycles. The lowest BCUT2D eigenvalue weighted by atomic mass is 10.1. The average molecular weight is 246 g/mol. The Morgan fingerprint density at radius 2 is 1.87 bits per heavy atom. The highest BCUT2D eigenvalue weighted by molar-refractivity contribution is 6.35. The lowest BCUT2D eigenvalue weighted by Gasteiger charge is -2.13. The Bertz CT molecular complexity index is 292. The molecule has 0 spiro atoms. The highest BCUT2D eigenvalue weighted by atomic mass is 35.5. The maximum atomic E-state index is 6.09. The highest BCUT2D eigenvalue weighted by Gasteiger charge is 2.07. The van der Waals surface area contributed by atoms with Crippen LogP contribution in [-0.2, 0) is 6.42 Å². The molecule has 15 heavy (non-hydrogen) atoms. The Balaban J connectivity index is 2.57. The van der Waals surface area contributed by atoms with Gasteiger partial charge in [-0.25, -0.2) is 0 Å². The Hall–Kier alpha value is -0.240. The van der Waals surface area contributed by atoms with Crippen molar-refractivity contribution >= 4 is 23.2 Å². The summed E-state index contributed by atoms with van der Waals surface area (Å²) in [5, 5.41) is 4.91. The van der Waals surface area contributed by atoms with Gasteiger partial charge in [-0.05, 0) is 44.0 Å². The molecule has 0 aliphatic carbocycles. The number of hydrogen-bond acceptors (Lipinski definition) is 1. The zero-order chi connectivity index (χ0) is 11.3. The molecule has 0 saturated heterocycles. The molecule has 1 N–H and O–H groups in total. The summed E-state index contributed by atoms with van der Waals surface area (Å²) >= 11 is 12.2. The third kappa shape index (κ3) is 4.02. The number of halogens is 2. The SMILES string of the molecule is CCNC(C)CCc1c(Cl)cccc1Cl. The smallest absolute Gasteiger partial charge is 0.0452 e. The van der Waals surface area contributed by atoms with E-state index in [1.165, 1.54) is 0 Å². The molecule has 1 nitrogen and oxygen atoms in total. The minimum absolute atomic E-state index is 0.502. The predicted molar refractivity (Wildman–Crippen MR) is 67.9 cm³/mol. The van der Waals surface area contributed by atoms with E-state index in [1.807, 2.05) is 18.2 Å². The van der Waals surface area contributed by atoms with E-state index in [2.05, 4.69) is 19.2 Å². The van der Waals surface area contributed by atoms with Crippen molar-refractivity contribution in [3.8, 4) is 0 Å². The van der Waals surface area contributed by atoms with E-state index in [1.54, 1.807) is 0 Å². The number of benzene rings is 1. The molecule has 0 aromatic heterocycles. The molecule has 0 saturated carbocycles. The molecule has 0 radical (unpaired) electrons. The quantitative estimate of drug-likeness (QED) is 0.830. The van der Waals surface area contributed by atoms with Crippen molar-refractivity contribution in [2.75, 3.05) is 6.54 Å². The van der Waals surface area contributed by atoms with Crippen LogP contribution in [0.2, 0.25) is 10.0 Å². The van der Waals surface area contributed by atoms with Crippen LogP contribution < -0.4 is 5.32 Å². The van der Waals surface area contributed by atoms with Crippen LogP contribution in [0, 0.1) is 0 Å². The Kier molecular flexibility index (Phi) is 5.44. The molecule has 0 fully saturated rings. The van der Waals surface area contributed by atoms with Crippen molar-refractivity contribution in [3.05, 3.63) is 33.8 Å². The Morgan fingerprint density at radius 3 is 2.40 bits per heavy atom. The van der Waals surface area contributed by atoms with Crippen molar-refractivity contribution in [1.29, 1.82) is 0 Å². The second-order valence-electron chi connectivity index (χ2n) is 3.70. The van der Waals surface area contributed by atoms with E-state index in [0.29, 0.717) is 6.04 Å². The standard InChI is InChI=1S/C12H17Cl2N/c1-3-15-9(2)7-8-10-11(13)5-4-6-12(10)14/h4-6,9,15H,3,7-8H2,1-2H3. The summed E-state index contributed by atoms with van der Waals surface area (Å²) in [6.07, 6.45) is 1.98. The van der Waals surface area contributed by atoms with Crippen LogP contribution in [-0.4, -0.2) is 12.6 Å². The molecule has 0 heterocycles. The average Bonchev–Trinajstić information content (AvgIpc) is 2.17. The van der Waals surface area contributed by atoms with Crippen LogP contribution in [0.5, 0.6) is 0 Å². The van der Waals surface area contributed by atoms with Crippen molar-refractivity contribution in [2.24, 2.45) is 0 Å². The molecule has 1 rings (SSSR count). The maximum absolute atomic E-state index is 6.09. The van der Waals surface area contributed by atoms with Gasteiger partial charge in [-0.3, -0.25) is 0 Å². The summed E-state index contributed by atoms with van der Waals surface area (Å²) in [5.41, 5.74) is 1.06. The van der Waals surface area contributed by atoms with Gasteiger partial charge in [0.15, 0.2) is 0 Å². The molecular formula is C12H17Cl2N. The van der Waals surface area contributed by atoms with Crippen molar-refractivity contribution in [2.45, 2.75) is 32.7 Å². The second-order valence-corrected chi connectivity index (χ2v) is 4.51.